The maximum Gasteiger partial charge on any atom is 1.00 e. The second-order valence-electron chi connectivity index (χ2n) is 7.93. The van der Waals surface area contributed by atoms with Crippen LogP contribution in [0.15, 0.2) is 57.4 Å². The molecular weight excluding hydrogens is 583 g/mol. The van der Waals surface area contributed by atoms with Crippen LogP contribution in [-0.4, -0.2) is 61.7 Å². The minimum absolute atomic E-state index is 0. The number of nitrogens with two attached hydrogens (primary N) is 1. The van der Waals surface area contributed by atoms with Gasteiger partial charge in [-0.15, -0.1) is 0 Å². The molecule has 1 aliphatic rings. The van der Waals surface area contributed by atoms with E-state index in [2.05, 4.69) is 15.3 Å². The molecule has 0 aliphatic carbocycles. The number of nitrogens with zero attached hydrogens (tertiary/aromatic N) is 4. The van der Waals surface area contributed by atoms with Gasteiger partial charge in [-0.1, -0.05) is 17.2 Å². The number of hydrogen-bond donors (Lipinski definition) is 4. The number of nitrogens with one attached hydrogen (secondary N) is 1. The monoisotopic (exact) mass is 599 g/mol. The van der Waals surface area contributed by atoms with Gasteiger partial charge in [-0.3, -0.25) is 28.4 Å². The third-order valence-corrected chi connectivity index (χ3v) is 7.37. The van der Waals surface area contributed by atoms with Gasteiger partial charge in [0.1, 0.15) is 4.90 Å². The van der Waals surface area contributed by atoms with E-state index >= 15 is 0 Å². The van der Waals surface area contributed by atoms with Gasteiger partial charge >= 0.3 is 51.4 Å². The second kappa shape index (κ2) is 11.3. The Morgan fingerprint density at radius 3 is 2.13 bits per heavy atom. The quantitative estimate of drug-likeness (QED) is 0.0484. The van der Waals surface area contributed by atoms with Crippen LogP contribution in [0.1, 0.15) is 31.1 Å². The van der Waals surface area contributed by atoms with Gasteiger partial charge in [-0.05, 0) is 35.9 Å². The van der Waals surface area contributed by atoms with E-state index in [1.807, 2.05) is 0 Å². The number of anilines is 1. The van der Waals surface area contributed by atoms with Crippen molar-refractivity contribution in [2.75, 3.05) is 18.8 Å². The molecule has 18 heteroatoms. The molecule has 1 aliphatic heterocycles. The molecule has 15 nitrogen and oxygen atoms in total. The Hall–Kier alpha value is -2.90. The third-order valence-electron chi connectivity index (χ3n) is 5.65. The average molecular weight is 600 g/mol. The van der Waals surface area contributed by atoms with Gasteiger partial charge in [0.05, 0.1) is 21.7 Å². The molecule has 0 saturated carbocycles. The summed E-state index contributed by atoms with van der Waals surface area (Å²) < 4.78 is 66.5. The molecule has 196 valence electrons. The molecule has 5 N–H and O–H groups in total. The van der Waals surface area contributed by atoms with Crippen LogP contribution in [0.5, 0.6) is 0 Å². The number of amides is 3. The number of hydrogen-bond acceptors (Lipinski definition) is 9. The summed E-state index contributed by atoms with van der Waals surface area (Å²) in [6, 6.07) is 7.90. The molecule has 0 aromatic heterocycles. The van der Waals surface area contributed by atoms with Crippen LogP contribution in [0.25, 0.3) is 21.2 Å². The molecule has 3 aromatic rings. The van der Waals surface area contributed by atoms with Gasteiger partial charge < -0.3 is 11.1 Å². The number of carbonyl (C=O) groups is 3. The summed E-state index contributed by atoms with van der Waals surface area (Å²) in [5.74, 6) is -2.58. The summed E-state index contributed by atoms with van der Waals surface area (Å²) in [5.41, 5.74) is 13.3. The Morgan fingerprint density at radius 1 is 1.00 bits per heavy atom. The predicted molar refractivity (Wildman–Crippen MR) is 131 cm³/mol. The molecule has 0 fully saturated rings. The number of carbonyl (C=O) groups excluding carboxylic acids is 3. The number of imide groups is 1. The Balaban J connectivity index is 0.00000420. The molecule has 0 unspecified atom stereocenters. The van der Waals surface area contributed by atoms with Gasteiger partial charge in [0, 0.05) is 40.0 Å². The van der Waals surface area contributed by atoms with Crippen LogP contribution in [0, 0.1) is 0 Å². The zero-order valence-electron chi connectivity index (χ0n) is 19.9. The molecule has 3 amide bonds. The van der Waals surface area contributed by atoms with Crippen LogP contribution in [0.4, 0.5) is 11.4 Å². The number of azide groups is 1. The fraction of sp³-hybridized carbons (Fsp3) is 0.0952. The Morgan fingerprint density at radius 2 is 1.59 bits per heavy atom. The molecular formula is C21H16KN6O9S2+. The zero-order valence-corrected chi connectivity index (χ0v) is 24.6. The van der Waals surface area contributed by atoms with Crippen molar-refractivity contribution in [2.45, 2.75) is 9.79 Å². The summed E-state index contributed by atoms with van der Waals surface area (Å²) in [5, 5.41) is 5.34. The smallest absolute Gasteiger partial charge is 0.397 e. The van der Waals surface area contributed by atoms with Gasteiger partial charge in [0.2, 0.25) is 0 Å². The summed E-state index contributed by atoms with van der Waals surface area (Å²) in [6.45, 7) is -0.673. The Labute approximate surface area is 262 Å². The number of benzene rings is 3. The molecule has 0 atom stereocenters. The molecule has 0 spiro atoms. The minimum Gasteiger partial charge on any atom is -0.397 e. The first-order valence-electron chi connectivity index (χ1n) is 10.4. The average Bonchev–Trinajstić information content (AvgIpc) is 2.84. The predicted octanol–water partition coefficient (Wildman–Crippen LogP) is -1.11. The van der Waals surface area contributed by atoms with E-state index in [1.54, 1.807) is 0 Å². The van der Waals surface area contributed by atoms with Crippen molar-refractivity contribution in [3.05, 3.63) is 69.6 Å². The van der Waals surface area contributed by atoms with Gasteiger partial charge in [0.15, 0.2) is 0 Å². The van der Waals surface area contributed by atoms with Crippen LogP contribution >= 0.6 is 0 Å². The molecule has 39 heavy (non-hydrogen) atoms. The topological polar surface area (TPSA) is 250 Å². The van der Waals surface area contributed by atoms with Crippen molar-refractivity contribution < 1.29 is 91.7 Å². The van der Waals surface area contributed by atoms with Gasteiger partial charge in [-0.25, -0.2) is 0 Å². The third kappa shape index (κ3) is 5.99. The SMILES string of the molecule is [K+].[N-]=[N+]=Nc1ccc(C(=O)NCCN2C(=O)c3cc(S(=O)(=O)O)cc4c(N)c(S(=O)(=O)O)cc(c34)C2=O)cc1. The molecule has 0 saturated heterocycles. The van der Waals surface area contributed by atoms with E-state index in [1.165, 1.54) is 24.3 Å². The minimum atomic E-state index is -4.99. The largest absolute Gasteiger partial charge is 1.00 e. The standard InChI is InChI=1S/C21H16N6O9S2.K/c22-18-13-7-12(37(31,32)33)8-14-17(13)15(9-16(18)38(34,35)36)21(30)27(20(14)29)6-5-24-19(28)10-1-3-11(4-2-10)25-26-23;/h1-4,7-9H,5-6,22H2,(H,24,28)(H,31,32,33)(H,34,35,36);/q;+1. The maximum atomic E-state index is 13.2. The zero-order chi connectivity index (χ0) is 28.0. The fourth-order valence-electron chi connectivity index (χ4n) is 3.93. The van der Waals surface area contributed by atoms with Crippen molar-refractivity contribution in [3.8, 4) is 0 Å². The number of rotatable bonds is 7. The Bertz CT molecular complexity index is 1800. The summed E-state index contributed by atoms with van der Waals surface area (Å²) >= 11 is 0. The molecule has 3 aromatic carbocycles. The van der Waals surface area contributed by atoms with Gasteiger partial charge in [0.25, 0.3) is 38.0 Å². The van der Waals surface area contributed by atoms with E-state index in [0.29, 0.717) is 4.90 Å². The van der Waals surface area contributed by atoms with E-state index in [-0.39, 0.29) is 91.1 Å². The first-order chi connectivity index (χ1) is 17.7. The molecule has 0 bridgehead atoms. The van der Waals surface area contributed by atoms with Crippen molar-refractivity contribution >= 4 is 60.1 Å². The van der Waals surface area contributed by atoms with Crippen LogP contribution in [0.3, 0.4) is 0 Å². The first kappa shape index (κ1) is 30.6. The van der Waals surface area contributed by atoms with Gasteiger partial charge in [-0.2, -0.15) is 16.8 Å². The summed E-state index contributed by atoms with van der Waals surface area (Å²) in [4.78, 5) is 40.4. The molecule has 1 heterocycles. The number of nitrogen functional groups attached to an aromatic ring is 1. The van der Waals surface area contributed by atoms with Crippen molar-refractivity contribution in [1.29, 1.82) is 0 Å². The van der Waals surface area contributed by atoms with E-state index in [9.17, 15) is 40.3 Å². The van der Waals surface area contributed by atoms with E-state index in [0.717, 1.165) is 18.2 Å². The fourth-order valence-corrected chi connectivity index (χ4v) is 5.12. The van der Waals surface area contributed by atoms with Crippen LogP contribution < -0.4 is 62.4 Å². The summed E-state index contributed by atoms with van der Waals surface area (Å²) in [7, 11) is -9.90. The summed E-state index contributed by atoms with van der Waals surface area (Å²) in [6.07, 6.45) is 0. The van der Waals surface area contributed by atoms with Crippen LogP contribution in [0.2, 0.25) is 0 Å². The van der Waals surface area contributed by atoms with E-state index < -0.39 is 60.0 Å². The second-order valence-corrected chi connectivity index (χ2v) is 10.7. The van der Waals surface area contributed by atoms with Crippen molar-refractivity contribution in [1.82, 2.24) is 10.2 Å². The maximum absolute atomic E-state index is 13.2. The normalized spacial score (nSPS) is 13.0. The molecule has 4 rings (SSSR count). The molecule has 0 radical (unpaired) electrons. The van der Waals surface area contributed by atoms with Crippen molar-refractivity contribution in [2.24, 2.45) is 5.11 Å². The van der Waals surface area contributed by atoms with Crippen LogP contribution in [-0.2, 0) is 20.2 Å². The first-order valence-corrected chi connectivity index (χ1v) is 13.3. The van der Waals surface area contributed by atoms with Crippen molar-refractivity contribution in [3.63, 3.8) is 0 Å². The Kier molecular flexibility index (Phi) is 8.87. The van der Waals surface area contributed by atoms with E-state index in [4.69, 9.17) is 11.3 Å².